The summed E-state index contributed by atoms with van der Waals surface area (Å²) in [6, 6.07) is 7.61. The lowest BCUT2D eigenvalue weighted by molar-refractivity contribution is 0.0692. The van der Waals surface area contributed by atoms with Gasteiger partial charge in [0.1, 0.15) is 11.6 Å². The second-order valence-corrected chi connectivity index (χ2v) is 3.76. The zero-order valence-electron chi connectivity index (χ0n) is 9.52. The van der Waals surface area contributed by atoms with Gasteiger partial charge in [-0.3, -0.25) is 0 Å². The predicted molar refractivity (Wildman–Crippen MR) is 64.3 cm³/mol. The van der Waals surface area contributed by atoms with E-state index in [9.17, 15) is 9.18 Å². The summed E-state index contributed by atoms with van der Waals surface area (Å²) >= 11 is 0. The lowest BCUT2D eigenvalue weighted by Crippen LogP contribution is -2.06. The Bertz CT molecular complexity index is 537. The molecule has 0 unspecified atom stereocenters. The zero-order chi connectivity index (χ0) is 13.0. The standard InChI is InChI=1S/C13H12FNO3/c14-12-8-9(3-4-11(12)13(16)17)15-6-5-10-2-1-7-18-10/h1-4,7-8,15H,5-6H2,(H,16,17). The molecule has 0 fully saturated rings. The quantitative estimate of drug-likeness (QED) is 0.855. The Morgan fingerprint density at radius 1 is 1.39 bits per heavy atom. The molecule has 94 valence electrons. The molecule has 1 aromatic carbocycles. The van der Waals surface area contributed by atoms with Crippen molar-refractivity contribution < 1.29 is 18.7 Å². The minimum absolute atomic E-state index is 0.327. The summed E-state index contributed by atoms with van der Waals surface area (Å²) in [4.78, 5) is 10.6. The third-order valence-electron chi connectivity index (χ3n) is 2.48. The number of halogens is 1. The van der Waals surface area contributed by atoms with Gasteiger partial charge in [-0.1, -0.05) is 0 Å². The number of hydrogen-bond acceptors (Lipinski definition) is 3. The van der Waals surface area contributed by atoms with Crippen LogP contribution in [0.25, 0.3) is 0 Å². The number of carbonyl (C=O) groups is 1. The van der Waals surface area contributed by atoms with Crippen molar-refractivity contribution in [3.63, 3.8) is 0 Å². The highest BCUT2D eigenvalue weighted by Gasteiger charge is 2.10. The van der Waals surface area contributed by atoms with Crippen LogP contribution in [0, 0.1) is 5.82 Å². The highest BCUT2D eigenvalue weighted by atomic mass is 19.1. The second kappa shape index (κ2) is 5.35. The summed E-state index contributed by atoms with van der Waals surface area (Å²) in [6.45, 7) is 0.583. The van der Waals surface area contributed by atoms with E-state index in [0.717, 1.165) is 5.76 Å². The minimum atomic E-state index is -1.27. The first-order valence-corrected chi connectivity index (χ1v) is 5.46. The maximum absolute atomic E-state index is 13.4. The third-order valence-corrected chi connectivity index (χ3v) is 2.48. The first-order chi connectivity index (χ1) is 8.66. The van der Waals surface area contributed by atoms with Crippen molar-refractivity contribution in [2.75, 3.05) is 11.9 Å². The van der Waals surface area contributed by atoms with Gasteiger partial charge >= 0.3 is 5.97 Å². The Kier molecular flexibility index (Phi) is 3.62. The van der Waals surface area contributed by atoms with E-state index in [2.05, 4.69) is 5.32 Å². The molecule has 2 aromatic rings. The maximum atomic E-state index is 13.4. The van der Waals surface area contributed by atoms with Crippen molar-refractivity contribution in [2.24, 2.45) is 0 Å². The van der Waals surface area contributed by atoms with Crippen LogP contribution in [0.4, 0.5) is 10.1 Å². The zero-order valence-corrected chi connectivity index (χ0v) is 9.52. The summed E-state index contributed by atoms with van der Waals surface area (Å²) in [5.74, 6) is -1.18. The fraction of sp³-hybridized carbons (Fsp3) is 0.154. The molecule has 0 spiro atoms. The number of rotatable bonds is 5. The molecule has 0 saturated heterocycles. The van der Waals surface area contributed by atoms with E-state index in [-0.39, 0.29) is 5.56 Å². The van der Waals surface area contributed by atoms with Crippen molar-refractivity contribution >= 4 is 11.7 Å². The number of benzene rings is 1. The molecule has 2 rings (SSSR count). The lowest BCUT2D eigenvalue weighted by atomic mass is 10.2. The molecule has 5 heteroatoms. The van der Waals surface area contributed by atoms with Gasteiger partial charge in [-0.15, -0.1) is 0 Å². The van der Waals surface area contributed by atoms with Gasteiger partial charge in [0.15, 0.2) is 0 Å². The van der Waals surface area contributed by atoms with Gasteiger partial charge in [0, 0.05) is 18.7 Å². The monoisotopic (exact) mass is 249 g/mol. The molecule has 0 radical (unpaired) electrons. The number of furan rings is 1. The molecule has 0 bridgehead atoms. The van der Waals surface area contributed by atoms with Gasteiger partial charge in [-0.2, -0.15) is 0 Å². The molecule has 18 heavy (non-hydrogen) atoms. The number of anilines is 1. The summed E-state index contributed by atoms with van der Waals surface area (Å²) in [5, 5.41) is 11.7. The number of carboxylic acid groups (broad SMARTS) is 1. The van der Waals surface area contributed by atoms with Crippen LogP contribution in [-0.4, -0.2) is 17.6 Å². The molecular formula is C13H12FNO3. The molecule has 0 atom stereocenters. The van der Waals surface area contributed by atoms with Gasteiger partial charge in [-0.25, -0.2) is 9.18 Å². The number of nitrogens with one attached hydrogen (secondary N) is 1. The molecule has 4 nitrogen and oxygen atoms in total. The van der Waals surface area contributed by atoms with Crippen LogP contribution < -0.4 is 5.32 Å². The highest BCUT2D eigenvalue weighted by Crippen LogP contribution is 2.14. The smallest absolute Gasteiger partial charge is 0.338 e. The fourth-order valence-corrected chi connectivity index (χ4v) is 1.58. The molecule has 1 heterocycles. The minimum Gasteiger partial charge on any atom is -0.478 e. The Labute approximate surface area is 103 Å². The first-order valence-electron chi connectivity index (χ1n) is 5.46. The Hall–Kier alpha value is -2.30. The van der Waals surface area contributed by atoms with E-state index in [1.165, 1.54) is 18.2 Å². The molecule has 0 saturated carbocycles. The highest BCUT2D eigenvalue weighted by molar-refractivity contribution is 5.88. The predicted octanol–water partition coefficient (Wildman–Crippen LogP) is 2.77. The molecule has 2 N–H and O–H groups in total. The summed E-state index contributed by atoms with van der Waals surface area (Å²) in [6.07, 6.45) is 2.27. The molecule has 0 aliphatic rings. The van der Waals surface area contributed by atoms with E-state index in [1.807, 2.05) is 6.07 Å². The summed E-state index contributed by atoms with van der Waals surface area (Å²) < 4.78 is 18.5. The normalized spacial score (nSPS) is 10.3. The van der Waals surface area contributed by atoms with Crippen LogP contribution in [0.3, 0.4) is 0 Å². The lowest BCUT2D eigenvalue weighted by Gasteiger charge is -2.06. The maximum Gasteiger partial charge on any atom is 0.338 e. The van der Waals surface area contributed by atoms with Gasteiger partial charge in [0.05, 0.1) is 11.8 Å². The van der Waals surface area contributed by atoms with Crippen molar-refractivity contribution in [1.29, 1.82) is 0 Å². The van der Waals surface area contributed by atoms with Gasteiger partial charge < -0.3 is 14.8 Å². The van der Waals surface area contributed by atoms with Crippen LogP contribution in [-0.2, 0) is 6.42 Å². The molecule has 0 aliphatic carbocycles. The van der Waals surface area contributed by atoms with E-state index in [1.54, 1.807) is 12.3 Å². The molecule has 0 aliphatic heterocycles. The average molecular weight is 249 g/mol. The fourth-order valence-electron chi connectivity index (χ4n) is 1.58. The number of hydrogen-bond donors (Lipinski definition) is 2. The van der Waals surface area contributed by atoms with Gasteiger partial charge in [-0.05, 0) is 30.3 Å². The van der Waals surface area contributed by atoms with E-state index >= 15 is 0 Å². The average Bonchev–Trinajstić information content (AvgIpc) is 2.81. The van der Waals surface area contributed by atoms with Gasteiger partial charge in [0.2, 0.25) is 0 Å². The second-order valence-electron chi connectivity index (χ2n) is 3.76. The number of carboxylic acids is 1. The Balaban J connectivity index is 1.94. The third kappa shape index (κ3) is 2.88. The van der Waals surface area contributed by atoms with Crippen LogP contribution in [0.2, 0.25) is 0 Å². The molecular weight excluding hydrogens is 237 g/mol. The van der Waals surface area contributed by atoms with Crippen molar-refractivity contribution in [1.82, 2.24) is 0 Å². The van der Waals surface area contributed by atoms with E-state index < -0.39 is 11.8 Å². The Morgan fingerprint density at radius 2 is 2.22 bits per heavy atom. The van der Waals surface area contributed by atoms with E-state index in [0.29, 0.717) is 18.7 Å². The Morgan fingerprint density at radius 3 is 2.83 bits per heavy atom. The van der Waals surface area contributed by atoms with E-state index in [4.69, 9.17) is 9.52 Å². The van der Waals surface area contributed by atoms with Crippen LogP contribution in [0.15, 0.2) is 41.0 Å². The topological polar surface area (TPSA) is 62.5 Å². The van der Waals surface area contributed by atoms with Crippen LogP contribution >= 0.6 is 0 Å². The van der Waals surface area contributed by atoms with Crippen LogP contribution in [0.5, 0.6) is 0 Å². The molecule has 0 amide bonds. The van der Waals surface area contributed by atoms with Crippen molar-refractivity contribution in [2.45, 2.75) is 6.42 Å². The largest absolute Gasteiger partial charge is 0.478 e. The summed E-state index contributed by atoms with van der Waals surface area (Å²) in [5.41, 5.74) is 0.218. The van der Waals surface area contributed by atoms with Gasteiger partial charge in [0.25, 0.3) is 0 Å². The SMILES string of the molecule is O=C(O)c1ccc(NCCc2ccco2)cc1F. The molecule has 1 aromatic heterocycles. The van der Waals surface area contributed by atoms with Crippen LogP contribution in [0.1, 0.15) is 16.1 Å². The van der Waals surface area contributed by atoms with Crippen molar-refractivity contribution in [3.05, 3.63) is 53.7 Å². The summed E-state index contributed by atoms with van der Waals surface area (Å²) in [7, 11) is 0. The van der Waals surface area contributed by atoms with Crippen molar-refractivity contribution in [3.8, 4) is 0 Å². The first kappa shape index (κ1) is 12.2. The number of aromatic carboxylic acids is 1.